The molecule has 0 saturated carbocycles. The molecule has 2 aliphatic rings. The topological polar surface area (TPSA) is 111 Å². The number of aromatic nitrogens is 4. The SMILES string of the molecule is C[C@]1(c2ccc3c(c2)OCCO3)NC(=O)N(Cc2nnnn2-c2ccccc2)C1=O. The molecule has 1 fully saturated rings. The number of para-hydroxylation sites is 1. The summed E-state index contributed by atoms with van der Waals surface area (Å²) in [6.07, 6.45) is 0. The van der Waals surface area contributed by atoms with Crippen LogP contribution in [-0.4, -0.2) is 50.3 Å². The molecule has 2 aliphatic heterocycles. The lowest BCUT2D eigenvalue weighted by atomic mass is 9.91. The number of urea groups is 1. The number of nitrogens with zero attached hydrogens (tertiary/aromatic N) is 5. The van der Waals surface area contributed by atoms with E-state index >= 15 is 0 Å². The van der Waals surface area contributed by atoms with E-state index in [1.807, 2.05) is 30.3 Å². The Morgan fingerprint density at radius 2 is 1.83 bits per heavy atom. The van der Waals surface area contributed by atoms with E-state index < -0.39 is 17.5 Å². The molecule has 0 bridgehead atoms. The van der Waals surface area contributed by atoms with Crippen LogP contribution >= 0.6 is 0 Å². The van der Waals surface area contributed by atoms with Gasteiger partial charge in [-0.1, -0.05) is 24.3 Å². The second kappa shape index (κ2) is 6.83. The fraction of sp³-hybridized carbons (Fsp3) is 0.250. The highest BCUT2D eigenvalue weighted by atomic mass is 16.6. The van der Waals surface area contributed by atoms with Gasteiger partial charge < -0.3 is 14.8 Å². The molecule has 0 radical (unpaired) electrons. The Labute approximate surface area is 171 Å². The zero-order chi connectivity index (χ0) is 20.7. The third kappa shape index (κ3) is 2.84. The number of nitrogens with one attached hydrogen (secondary N) is 1. The van der Waals surface area contributed by atoms with Gasteiger partial charge in [0, 0.05) is 0 Å². The van der Waals surface area contributed by atoms with Crippen molar-refractivity contribution in [3.8, 4) is 17.2 Å². The Kier molecular flexibility index (Phi) is 4.12. The number of carbonyl (C=O) groups excluding carboxylic acids is 2. The van der Waals surface area contributed by atoms with Gasteiger partial charge >= 0.3 is 6.03 Å². The average molecular weight is 406 g/mol. The number of hydrogen-bond acceptors (Lipinski definition) is 7. The number of tetrazole rings is 1. The number of rotatable bonds is 4. The third-order valence-electron chi connectivity index (χ3n) is 5.23. The number of amides is 3. The van der Waals surface area contributed by atoms with E-state index in [4.69, 9.17) is 9.47 Å². The van der Waals surface area contributed by atoms with Crippen LogP contribution in [0, 0.1) is 0 Å². The minimum absolute atomic E-state index is 0.0628. The Morgan fingerprint density at radius 1 is 1.07 bits per heavy atom. The second-order valence-corrected chi connectivity index (χ2v) is 7.15. The molecule has 0 aliphatic carbocycles. The third-order valence-corrected chi connectivity index (χ3v) is 5.23. The van der Waals surface area contributed by atoms with Crippen LogP contribution < -0.4 is 14.8 Å². The molecular formula is C20H18N6O4. The molecule has 0 unspecified atom stereocenters. The molecule has 30 heavy (non-hydrogen) atoms. The van der Waals surface area contributed by atoms with E-state index in [0.717, 1.165) is 10.6 Å². The van der Waals surface area contributed by atoms with E-state index in [0.29, 0.717) is 36.1 Å². The van der Waals surface area contributed by atoms with Crippen molar-refractivity contribution in [3.05, 3.63) is 59.9 Å². The van der Waals surface area contributed by atoms with Gasteiger partial charge in [0.05, 0.1) is 12.2 Å². The van der Waals surface area contributed by atoms with Crippen molar-refractivity contribution in [3.63, 3.8) is 0 Å². The molecule has 2 aromatic carbocycles. The fourth-order valence-corrected chi connectivity index (χ4v) is 3.61. The molecule has 1 aromatic heterocycles. The highest BCUT2D eigenvalue weighted by Crippen LogP contribution is 2.37. The number of carbonyl (C=O) groups is 2. The quantitative estimate of drug-likeness (QED) is 0.652. The van der Waals surface area contributed by atoms with Crippen LogP contribution in [0.1, 0.15) is 18.3 Å². The zero-order valence-corrected chi connectivity index (χ0v) is 16.1. The van der Waals surface area contributed by atoms with Crippen LogP contribution in [0.4, 0.5) is 4.79 Å². The molecule has 3 heterocycles. The Bertz CT molecular complexity index is 1130. The first kappa shape index (κ1) is 18.1. The molecular weight excluding hydrogens is 388 g/mol. The van der Waals surface area contributed by atoms with Gasteiger partial charge in [-0.25, -0.2) is 4.79 Å². The maximum absolute atomic E-state index is 13.3. The standard InChI is InChI=1S/C20H18N6O4/c1-20(13-7-8-15-16(11-13)30-10-9-29-15)18(27)25(19(28)21-20)12-17-22-23-24-26(17)14-5-3-2-4-6-14/h2-8,11H,9-10,12H2,1H3,(H,21,28)/t20-/m1/s1. The van der Waals surface area contributed by atoms with Crippen molar-refractivity contribution in [2.75, 3.05) is 13.2 Å². The summed E-state index contributed by atoms with van der Waals surface area (Å²) in [6, 6.07) is 14.0. The molecule has 3 aromatic rings. The van der Waals surface area contributed by atoms with Crippen molar-refractivity contribution < 1.29 is 19.1 Å². The summed E-state index contributed by atoms with van der Waals surface area (Å²) in [5.74, 6) is 1.14. The van der Waals surface area contributed by atoms with Crippen LogP contribution in [0.5, 0.6) is 11.5 Å². The van der Waals surface area contributed by atoms with Gasteiger partial charge in [-0.15, -0.1) is 5.10 Å². The number of ether oxygens (including phenoxy) is 2. The van der Waals surface area contributed by atoms with Gasteiger partial charge in [-0.3, -0.25) is 9.69 Å². The van der Waals surface area contributed by atoms with Gasteiger partial charge in [-0.2, -0.15) is 4.68 Å². The first-order valence-electron chi connectivity index (χ1n) is 9.43. The summed E-state index contributed by atoms with van der Waals surface area (Å²) in [5, 5.41) is 14.5. The van der Waals surface area contributed by atoms with Crippen LogP contribution in [0.25, 0.3) is 5.69 Å². The summed E-state index contributed by atoms with van der Waals surface area (Å²) in [5.41, 5.74) is 0.104. The minimum atomic E-state index is -1.24. The Hall–Kier alpha value is -3.95. The fourth-order valence-electron chi connectivity index (χ4n) is 3.61. The monoisotopic (exact) mass is 406 g/mol. The summed E-state index contributed by atoms with van der Waals surface area (Å²) in [6.45, 7) is 2.51. The molecule has 1 saturated heterocycles. The summed E-state index contributed by atoms with van der Waals surface area (Å²) in [7, 11) is 0. The highest BCUT2D eigenvalue weighted by molar-refractivity contribution is 6.07. The second-order valence-electron chi connectivity index (χ2n) is 7.15. The van der Waals surface area contributed by atoms with E-state index in [1.54, 1.807) is 25.1 Å². The number of benzene rings is 2. The zero-order valence-electron chi connectivity index (χ0n) is 16.1. The first-order chi connectivity index (χ1) is 14.6. The summed E-state index contributed by atoms with van der Waals surface area (Å²) in [4.78, 5) is 27.1. The van der Waals surface area contributed by atoms with Gasteiger partial charge in [0.1, 0.15) is 18.8 Å². The van der Waals surface area contributed by atoms with Crippen molar-refractivity contribution in [1.82, 2.24) is 30.4 Å². The predicted octanol–water partition coefficient (Wildman–Crippen LogP) is 1.40. The van der Waals surface area contributed by atoms with Crippen molar-refractivity contribution in [2.45, 2.75) is 19.0 Å². The molecule has 5 rings (SSSR count). The van der Waals surface area contributed by atoms with Crippen molar-refractivity contribution in [2.24, 2.45) is 0 Å². The normalized spacial score (nSPS) is 20.4. The molecule has 0 spiro atoms. The first-order valence-corrected chi connectivity index (χ1v) is 9.43. The molecule has 1 atom stereocenters. The minimum Gasteiger partial charge on any atom is -0.486 e. The summed E-state index contributed by atoms with van der Waals surface area (Å²) >= 11 is 0. The van der Waals surface area contributed by atoms with Gasteiger partial charge in [0.15, 0.2) is 17.3 Å². The van der Waals surface area contributed by atoms with Crippen molar-refractivity contribution >= 4 is 11.9 Å². The van der Waals surface area contributed by atoms with E-state index in [2.05, 4.69) is 20.8 Å². The smallest absolute Gasteiger partial charge is 0.325 e. The molecule has 3 amide bonds. The highest BCUT2D eigenvalue weighted by Gasteiger charge is 2.49. The molecule has 152 valence electrons. The van der Waals surface area contributed by atoms with E-state index in [1.165, 1.54) is 4.68 Å². The Balaban J connectivity index is 1.44. The maximum Gasteiger partial charge on any atom is 0.325 e. The van der Waals surface area contributed by atoms with Gasteiger partial charge in [0.25, 0.3) is 5.91 Å². The van der Waals surface area contributed by atoms with Crippen LogP contribution in [-0.2, 0) is 16.9 Å². The van der Waals surface area contributed by atoms with Crippen LogP contribution in [0.2, 0.25) is 0 Å². The lowest BCUT2D eigenvalue weighted by molar-refractivity contribution is -0.131. The average Bonchev–Trinajstić information content (AvgIpc) is 3.33. The number of fused-ring (bicyclic) bond motifs is 1. The lowest BCUT2D eigenvalue weighted by Gasteiger charge is -2.25. The predicted molar refractivity (Wildman–Crippen MR) is 103 cm³/mol. The maximum atomic E-state index is 13.3. The van der Waals surface area contributed by atoms with E-state index in [9.17, 15) is 9.59 Å². The molecule has 1 N–H and O–H groups in total. The number of hydrogen-bond donors (Lipinski definition) is 1. The summed E-state index contributed by atoms with van der Waals surface area (Å²) < 4.78 is 12.7. The van der Waals surface area contributed by atoms with Crippen LogP contribution in [0.3, 0.4) is 0 Å². The van der Waals surface area contributed by atoms with E-state index in [-0.39, 0.29) is 6.54 Å². The van der Waals surface area contributed by atoms with Gasteiger partial charge in [0.2, 0.25) is 0 Å². The van der Waals surface area contributed by atoms with Gasteiger partial charge in [-0.05, 0) is 47.2 Å². The largest absolute Gasteiger partial charge is 0.486 e. The number of imide groups is 1. The molecule has 10 nitrogen and oxygen atoms in total. The molecule has 10 heteroatoms. The van der Waals surface area contributed by atoms with Crippen molar-refractivity contribution in [1.29, 1.82) is 0 Å². The van der Waals surface area contributed by atoms with Crippen LogP contribution in [0.15, 0.2) is 48.5 Å². The Morgan fingerprint density at radius 3 is 2.63 bits per heavy atom. The lowest BCUT2D eigenvalue weighted by Crippen LogP contribution is -2.41.